The lowest BCUT2D eigenvalue weighted by Gasteiger charge is -1.78. The van der Waals surface area contributed by atoms with Gasteiger partial charge in [0.1, 0.15) is 0 Å². The molecule has 1 amide bonds. The first-order valence-corrected chi connectivity index (χ1v) is 1.87. The molecule has 0 bridgehead atoms. The quantitative estimate of drug-likeness (QED) is 0.500. The molecule has 3 nitrogen and oxygen atoms in total. The van der Waals surface area contributed by atoms with Crippen LogP contribution in [-0.4, -0.2) is 19.1 Å². The van der Waals surface area contributed by atoms with E-state index in [9.17, 15) is 4.79 Å². The van der Waals surface area contributed by atoms with E-state index in [0.29, 0.717) is 13.2 Å². The van der Waals surface area contributed by atoms with Gasteiger partial charge in [-0.15, -0.1) is 24.8 Å². The van der Waals surface area contributed by atoms with Crippen molar-refractivity contribution in [3.05, 3.63) is 0 Å². The molecule has 1 saturated heterocycles. The summed E-state index contributed by atoms with van der Waals surface area (Å²) in [7, 11) is 0. The summed E-state index contributed by atoms with van der Waals surface area (Å²) < 4.78 is 0. The van der Waals surface area contributed by atoms with Crippen LogP contribution in [0.3, 0.4) is 0 Å². The van der Waals surface area contributed by atoms with Gasteiger partial charge in [-0.3, -0.25) is 10.1 Å². The van der Waals surface area contributed by atoms with E-state index < -0.39 is 0 Å². The summed E-state index contributed by atoms with van der Waals surface area (Å²) in [5.74, 6) is 0.0926. The van der Waals surface area contributed by atoms with Crippen LogP contribution >= 0.6 is 24.8 Å². The van der Waals surface area contributed by atoms with E-state index in [0.717, 1.165) is 0 Å². The van der Waals surface area contributed by atoms with Gasteiger partial charge in [-0.1, -0.05) is 0 Å². The van der Waals surface area contributed by atoms with Gasteiger partial charge in [0.15, 0.2) is 0 Å². The number of amides is 1. The van der Waals surface area contributed by atoms with Crippen molar-refractivity contribution in [2.45, 2.75) is 0 Å². The minimum atomic E-state index is 0. The highest BCUT2D eigenvalue weighted by Gasteiger charge is 2.03. The van der Waals surface area contributed by atoms with Gasteiger partial charge in [0.05, 0.1) is 13.2 Å². The lowest BCUT2D eigenvalue weighted by molar-refractivity contribution is -0.118. The number of hydrogen-bond donors (Lipinski definition) is 2. The largest absolute Gasteiger partial charge is 0.342 e. The first-order chi connectivity index (χ1) is 2.89. The summed E-state index contributed by atoms with van der Waals surface area (Å²) >= 11 is 0. The van der Waals surface area contributed by atoms with E-state index in [4.69, 9.17) is 0 Å². The summed E-state index contributed by atoms with van der Waals surface area (Å²) in [5.41, 5.74) is 0. The molecule has 1 aliphatic heterocycles. The Hall–Kier alpha value is 0.01000. The van der Waals surface area contributed by atoms with E-state index in [1.54, 1.807) is 0 Å². The Morgan fingerprint density at radius 2 is 2.00 bits per heavy atom. The summed E-state index contributed by atoms with van der Waals surface area (Å²) in [6, 6.07) is 0. The first kappa shape index (κ1) is 10.9. The molecule has 1 rings (SSSR count). The number of halogens is 2. The highest BCUT2D eigenvalue weighted by Crippen LogP contribution is 1.67. The number of rotatable bonds is 0. The van der Waals surface area contributed by atoms with Crippen molar-refractivity contribution in [3.63, 3.8) is 0 Å². The van der Waals surface area contributed by atoms with Crippen LogP contribution in [0.4, 0.5) is 0 Å². The average molecular weight is 159 g/mol. The Morgan fingerprint density at radius 3 is 2.12 bits per heavy atom. The van der Waals surface area contributed by atoms with E-state index in [1.165, 1.54) is 0 Å². The number of carbonyl (C=O) groups is 1. The van der Waals surface area contributed by atoms with Crippen LogP contribution in [0.1, 0.15) is 0 Å². The highest BCUT2D eigenvalue weighted by molar-refractivity contribution is 5.85. The van der Waals surface area contributed by atoms with Gasteiger partial charge >= 0.3 is 0 Å². The van der Waals surface area contributed by atoms with Crippen LogP contribution in [0.5, 0.6) is 0 Å². The SMILES string of the molecule is Cl.Cl.O=C1CNCN1. The predicted molar refractivity (Wildman–Crippen MR) is 35.5 cm³/mol. The highest BCUT2D eigenvalue weighted by atomic mass is 35.5. The van der Waals surface area contributed by atoms with Gasteiger partial charge in [0.25, 0.3) is 0 Å². The Morgan fingerprint density at radius 1 is 1.38 bits per heavy atom. The molecular weight excluding hydrogens is 151 g/mol. The molecule has 0 aromatic rings. The molecule has 1 aliphatic rings. The molecular formula is C3H8Cl2N2O. The smallest absolute Gasteiger partial charge is 0.235 e. The van der Waals surface area contributed by atoms with Crippen molar-refractivity contribution < 1.29 is 4.79 Å². The summed E-state index contributed by atoms with van der Waals surface area (Å²) in [4.78, 5) is 10.1. The normalized spacial score (nSPS) is 15.8. The molecule has 0 atom stereocenters. The van der Waals surface area contributed by atoms with Gasteiger partial charge in [-0.05, 0) is 0 Å². The Balaban J connectivity index is 0. The van der Waals surface area contributed by atoms with E-state index in [2.05, 4.69) is 10.6 Å². The van der Waals surface area contributed by atoms with Crippen molar-refractivity contribution in [1.82, 2.24) is 10.6 Å². The lowest BCUT2D eigenvalue weighted by atomic mass is 10.7. The molecule has 0 spiro atoms. The average Bonchev–Trinajstić information content (AvgIpc) is 1.86. The fourth-order valence-corrected chi connectivity index (χ4v) is 0.400. The van der Waals surface area contributed by atoms with Crippen LogP contribution in [0.25, 0.3) is 0 Å². The van der Waals surface area contributed by atoms with Crippen LogP contribution in [0.15, 0.2) is 0 Å². The van der Waals surface area contributed by atoms with Crippen LogP contribution in [0.2, 0.25) is 0 Å². The third-order valence-electron chi connectivity index (χ3n) is 0.696. The monoisotopic (exact) mass is 158 g/mol. The number of nitrogens with one attached hydrogen (secondary N) is 2. The molecule has 50 valence electrons. The Bertz CT molecular complexity index is 69.7. The maximum Gasteiger partial charge on any atom is 0.235 e. The molecule has 0 unspecified atom stereocenters. The van der Waals surface area contributed by atoms with Crippen molar-refractivity contribution in [2.24, 2.45) is 0 Å². The van der Waals surface area contributed by atoms with E-state index in [1.807, 2.05) is 0 Å². The molecule has 5 heteroatoms. The first-order valence-electron chi connectivity index (χ1n) is 1.87. The zero-order valence-electron chi connectivity index (χ0n) is 4.14. The Kier molecular flexibility index (Phi) is 7.02. The number of hydrogen-bond acceptors (Lipinski definition) is 2. The third kappa shape index (κ3) is 3.07. The molecule has 0 aliphatic carbocycles. The maximum absolute atomic E-state index is 10.1. The van der Waals surface area contributed by atoms with Crippen LogP contribution < -0.4 is 10.6 Å². The molecule has 0 radical (unpaired) electrons. The fourth-order valence-electron chi connectivity index (χ4n) is 0.400. The standard InChI is InChI=1S/C3H6N2O.2ClH/c6-3-1-4-2-5-3;;/h4H,1-2H2,(H,5,6);2*1H. The molecule has 1 heterocycles. The van der Waals surface area contributed by atoms with Crippen molar-refractivity contribution in [2.75, 3.05) is 13.2 Å². The Labute approximate surface area is 60.0 Å². The predicted octanol–water partition coefficient (Wildman–Crippen LogP) is -0.493. The van der Waals surface area contributed by atoms with Crippen LogP contribution in [-0.2, 0) is 4.79 Å². The minimum Gasteiger partial charge on any atom is -0.342 e. The van der Waals surface area contributed by atoms with Crippen LogP contribution in [0, 0.1) is 0 Å². The van der Waals surface area contributed by atoms with E-state index >= 15 is 0 Å². The zero-order chi connectivity index (χ0) is 4.41. The summed E-state index contributed by atoms with van der Waals surface area (Å²) in [6.07, 6.45) is 0. The second-order valence-electron chi connectivity index (χ2n) is 1.20. The molecule has 1 fully saturated rings. The van der Waals surface area contributed by atoms with Crippen molar-refractivity contribution >= 4 is 30.7 Å². The molecule has 2 N–H and O–H groups in total. The third-order valence-corrected chi connectivity index (χ3v) is 0.696. The van der Waals surface area contributed by atoms with E-state index in [-0.39, 0.29) is 30.7 Å². The number of carbonyl (C=O) groups excluding carboxylic acids is 1. The van der Waals surface area contributed by atoms with Gasteiger partial charge in [0.2, 0.25) is 5.91 Å². The summed E-state index contributed by atoms with van der Waals surface area (Å²) in [5, 5.41) is 5.38. The van der Waals surface area contributed by atoms with Crippen molar-refractivity contribution in [1.29, 1.82) is 0 Å². The van der Waals surface area contributed by atoms with Gasteiger partial charge in [-0.25, -0.2) is 0 Å². The second kappa shape index (κ2) is 5.15. The van der Waals surface area contributed by atoms with Gasteiger partial charge < -0.3 is 5.32 Å². The van der Waals surface area contributed by atoms with Gasteiger partial charge in [-0.2, -0.15) is 0 Å². The maximum atomic E-state index is 10.1. The second-order valence-corrected chi connectivity index (χ2v) is 1.20. The zero-order valence-corrected chi connectivity index (χ0v) is 5.77. The lowest BCUT2D eigenvalue weighted by Crippen LogP contribution is -2.14. The molecule has 8 heavy (non-hydrogen) atoms. The summed E-state index contributed by atoms with van der Waals surface area (Å²) in [6.45, 7) is 1.12. The molecule has 0 saturated carbocycles. The topological polar surface area (TPSA) is 41.1 Å². The molecule has 0 aromatic heterocycles. The fraction of sp³-hybridized carbons (Fsp3) is 0.667. The minimum absolute atomic E-state index is 0. The molecule has 0 aromatic carbocycles. The van der Waals surface area contributed by atoms with Gasteiger partial charge in [0, 0.05) is 0 Å². The van der Waals surface area contributed by atoms with Crippen molar-refractivity contribution in [3.8, 4) is 0 Å².